The van der Waals surface area contributed by atoms with Crippen LogP contribution in [-0.4, -0.2) is 70.8 Å². The molecule has 0 spiro atoms. The Labute approximate surface area is 287 Å². The number of aromatic nitrogens is 3. The second-order valence-electron chi connectivity index (χ2n) is 12.7. The highest BCUT2D eigenvalue weighted by Gasteiger charge is 2.33. The Morgan fingerprint density at radius 3 is 2.54 bits per heavy atom. The fourth-order valence-corrected chi connectivity index (χ4v) is 7.73. The number of benzene rings is 2. The smallest absolute Gasteiger partial charge is 0.254 e. The van der Waals surface area contributed by atoms with Crippen LogP contribution >= 0.6 is 11.3 Å². The molecule has 0 radical (unpaired) electrons. The average Bonchev–Trinajstić information content (AvgIpc) is 3.84. The summed E-state index contributed by atoms with van der Waals surface area (Å²) in [6.07, 6.45) is 8.36. The minimum absolute atomic E-state index is 0.0359. The summed E-state index contributed by atoms with van der Waals surface area (Å²) in [5, 5.41) is 18.6. The second kappa shape index (κ2) is 15.6. The molecule has 3 heterocycles. The van der Waals surface area contributed by atoms with Gasteiger partial charge in [0.1, 0.15) is 5.01 Å². The van der Waals surface area contributed by atoms with E-state index in [1.807, 2.05) is 66.6 Å². The zero-order chi connectivity index (χ0) is 34.4. The number of carbonyl (C=O) groups is 2. The van der Waals surface area contributed by atoms with Gasteiger partial charge >= 0.3 is 0 Å². The number of aryl methyl sites for hydroxylation is 3. The van der Waals surface area contributed by atoms with Crippen LogP contribution in [0.5, 0.6) is 0 Å². The van der Waals surface area contributed by atoms with Gasteiger partial charge in [0.25, 0.3) is 5.91 Å². The molecule has 1 N–H and O–H groups in total. The lowest BCUT2D eigenvalue weighted by Crippen LogP contribution is -2.31. The van der Waals surface area contributed by atoms with Crippen LogP contribution < -0.4 is 4.31 Å². The Hall–Kier alpha value is -3.87. The highest BCUT2D eigenvalue weighted by Crippen LogP contribution is 2.36. The SMILES string of the molecule is CCn1cc(CCC[C@@H](O)[C@@H](CC(=O)c2cc(C(=O)N3CCC[C@@H]3c3nc(C)cs3)cc(N(C)S(C)(=O)=O)c2)Cc2ccccc2)cn1. The van der Waals surface area contributed by atoms with Crippen LogP contribution in [0.4, 0.5) is 5.69 Å². The molecule has 1 fully saturated rings. The van der Waals surface area contributed by atoms with Crippen molar-refractivity contribution in [2.24, 2.45) is 5.92 Å². The van der Waals surface area contributed by atoms with Crippen molar-refractivity contribution in [2.75, 3.05) is 24.2 Å². The van der Waals surface area contributed by atoms with E-state index in [1.54, 1.807) is 17.0 Å². The zero-order valence-electron chi connectivity index (χ0n) is 28.1. The molecule has 1 aliphatic heterocycles. The maximum atomic E-state index is 14.1. The highest BCUT2D eigenvalue weighted by atomic mass is 32.2. The molecule has 48 heavy (non-hydrogen) atoms. The first-order chi connectivity index (χ1) is 22.9. The first-order valence-corrected chi connectivity index (χ1v) is 19.2. The summed E-state index contributed by atoms with van der Waals surface area (Å²) in [7, 11) is -2.27. The molecule has 4 aromatic rings. The summed E-state index contributed by atoms with van der Waals surface area (Å²) < 4.78 is 28.1. The number of nitrogens with zero attached hydrogens (tertiary/aromatic N) is 5. The van der Waals surface area contributed by atoms with E-state index in [-0.39, 0.29) is 46.9 Å². The summed E-state index contributed by atoms with van der Waals surface area (Å²) in [6, 6.07) is 14.2. The Morgan fingerprint density at radius 1 is 1.12 bits per heavy atom. The number of thiazole rings is 1. The van der Waals surface area contributed by atoms with Crippen molar-refractivity contribution in [3.63, 3.8) is 0 Å². The van der Waals surface area contributed by atoms with Crippen LogP contribution in [0.3, 0.4) is 0 Å². The van der Waals surface area contributed by atoms with Gasteiger partial charge in [-0.1, -0.05) is 30.3 Å². The summed E-state index contributed by atoms with van der Waals surface area (Å²) >= 11 is 1.52. The van der Waals surface area contributed by atoms with Gasteiger partial charge in [-0.3, -0.25) is 18.6 Å². The van der Waals surface area contributed by atoms with Gasteiger partial charge < -0.3 is 10.0 Å². The lowest BCUT2D eigenvalue weighted by atomic mass is 9.85. The van der Waals surface area contributed by atoms with Gasteiger partial charge in [0.15, 0.2) is 5.78 Å². The van der Waals surface area contributed by atoms with Crippen molar-refractivity contribution < 1.29 is 23.1 Å². The minimum atomic E-state index is -3.68. The molecule has 3 atom stereocenters. The predicted molar refractivity (Wildman–Crippen MR) is 189 cm³/mol. The number of hydrogen-bond acceptors (Lipinski definition) is 8. The van der Waals surface area contributed by atoms with E-state index in [0.717, 1.165) is 64.6 Å². The number of aliphatic hydroxyl groups excluding tert-OH is 1. The molecule has 10 nitrogen and oxygen atoms in total. The van der Waals surface area contributed by atoms with E-state index in [9.17, 15) is 23.1 Å². The van der Waals surface area contributed by atoms with Gasteiger partial charge in [0, 0.05) is 55.0 Å². The van der Waals surface area contributed by atoms with Crippen LogP contribution in [-0.2, 0) is 29.4 Å². The van der Waals surface area contributed by atoms with Gasteiger partial charge in [-0.2, -0.15) is 5.10 Å². The first-order valence-electron chi connectivity index (χ1n) is 16.5. The van der Waals surface area contributed by atoms with Crippen LogP contribution in [0.25, 0.3) is 0 Å². The van der Waals surface area contributed by atoms with Crippen molar-refractivity contribution in [1.29, 1.82) is 0 Å². The summed E-state index contributed by atoms with van der Waals surface area (Å²) in [5.74, 6) is -0.911. The lowest BCUT2D eigenvalue weighted by molar-refractivity contribution is 0.0734. The summed E-state index contributed by atoms with van der Waals surface area (Å²) in [5.41, 5.74) is 3.74. The number of aliphatic hydroxyl groups is 1. The van der Waals surface area contributed by atoms with E-state index >= 15 is 0 Å². The number of Topliss-reactive ketones (excluding diaryl/α,β-unsaturated/α-hetero) is 1. The van der Waals surface area contributed by atoms with Crippen LogP contribution in [0.2, 0.25) is 0 Å². The molecule has 2 aromatic heterocycles. The molecule has 0 bridgehead atoms. The largest absolute Gasteiger partial charge is 0.393 e. The van der Waals surface area contributed by atoms with E-state index in [1.165, 1.54) is 24.5 Å². The van der Waals surface area contributed by atoms with Crippen LogP contribution in [0.1, 0.15) is 87.6 Å². The molecular formula is C36H45N5O5S2. The van der Waals surface area contributed by atoms with Gasteiger partial charge in [-0.05, 0) is 87.6 Å². The molecule has 1 amide bonds. The Kier molecular flexibility index (Phi) is 11.5. The zero-order valence-corrected chi connectivity index (χ0v) is 29.7. The van der Waals surface area contributed by atoms with Gasteiger partial charge in [-0.15, -0.1) is 11.3 Å². The third-order valence-electron chi connectivity index (χ3n) is 9.09. The maximum Gasteiger partial charge on any atom is 0.254 e. The molecule has 0 saturated carbocycles. The van der Waals surface area contributed by atoms with E-state index in [2.05, 4.69) is 10.1 Å². The van der Waals surface area contributed by atoms with E-state index in [4.69, 9.17) is 0 Å². The topological polar surface area (TPSA) is 126 Å². The molecular weight excluding hydrogens is 647 g/mol. The predicted octanol–water partition coefficient (Wildman–Crippen LogP) is 5.86. The monoisotopic (exact) mass is 691 g/mol. The highest BCUT2D eigenvalue weighted by molar-refractivity contribution is 7.92. The van der Waals surface area contributed by atoms with Crippen LogP contribution in [0, 0.1) is 12.8 Å². The molecule has 5 rings (SSSR count). The quantitative estimate of drug-likeness (QED) is 0.155. The lowest BCUT2D eigenvalue weighted by Gasteiger charge is -2.25. The number of amides is 1. The third kappa shape index (κ3) is 8.77. The normalized spacial score (nSPS) is 16.2. The number of likely N-dealkylation sites (tertiary alicyclic amines) is 1. The molecule has 1 saturated heterocycles. The standard InChI is InChI=1S/C36H45N5O5S2/c1-5-40-23-27(22-37-40)13-9-15-33(42)28(17-26-11-7-6-8-12-26)21-34(43)29-18-30(20-31(19-29)39(3)48(4,45)46)36(44)41-16-10-14-32(41)35-38-25(2)24-47-35/h6-8,11-12,18-20,22-24,28,32-33,42H,5,9-10,13-17,21H2,1-4H3/t28-,32-,33-/m1/s1. The maximum absolute atomic E-state index is 14.1. The molecule has 2 aromatic carbocycles. The first kappa shape index (κ1) is 35.4. The van der Waals surface area contributed by atoms with E-state index < -0.39 is 16.1 Å². The molecule has 0 unspecified atom stereocenters. The molecule has 256 valence electrons. The fourth-order valence-electron chi connectivity index (χ4n) is 6.30. The van der Waals surface area contributed by atoms with Gasteiger partial charge in [0.2, 0.25) is 10.0 Å². The third-order valence-corrected chi connectivity index (χ3v) is 11.4. The summed E-state index contributed by atoms with van der Waals surface area (Å²) in [4.78, 5) is 34.5. The number of anilines is 1. The molecule has 12 heteroatoms. The van der Waals surface area contributed by atoms with E-state index in [0.29, 0.717) is 19.4 Å². The van der Waals surface area contributed by atoms with Crippen LogP contribution in [0.15, 0.2) is 66.3 Å². The Bertz CT molecular complexity index is 1820. The average molecular weight is 692 g/mol. The van der Waals surface area contributed by atoms with Crippen molar-refractivity contribution in [3.05, 3.63) is 99.3 Å². The van der Waals surface area contributed by atoms with Crippen molar-refractivity contribution >= 4 is 38.7 Å². The summed E-state index contributed by atoms with van der Waals surface area (Å²) in [6.45, 7) is 5.30. The molecule has 1 aliphatic rings. The number of rotatable bonds is 15. The Balaban J connectivity index is 1.40. The van der Waals surface area contributed by atoms with Crippen molar-refractivity contribution in [3.8, 4) is 0 Å². The van der Waals surface area contributed by atoms with Gasteiger partial charge in [0.05, 0.1) is 30.3 Å². The minimum Gasteiger partial charge on any atom is -0.393 e. The number of carbonyl (C=O) groups excluding carboxylic acids is 2. The number of ketones is 1. The van der Waals surface area contributed by atoms with Crippen molar-refractivity contribution in [2.45, 2.75) is 77.5 Å². The fraction of sp³-hybridized carbons (Fsp3) is 0.444. The number of sulfonamides is 1. The molecule has 0 aliphatic carbocycles. The van der Waals surface area contributed by atoms with Gasteiger partial charge in [-0.25, -0.2) is 13.4 Å². The Morgan fingerprint density at radius 2 is 1.88 bits per heavy atom. The second-order valence-corrected chi connectivity index (χ2v) is 15.6. The number of hydrogen-bond donors (Lipinski definition) is 1. The van der Waals surface area contributed by atoms with Crippen molar-refractivity contribution in [1.82, 2.24) is 19.7 Å².